The van der Waals surface area contributed by atoms with Crippen molar-refractivity contribution >= 4 is 5.97 Å². The number of benzene rings is 1. The van der Waals surface area contributed by atoms with Crippen molar-refractivity contribution in [3.8, 4) is 5.75 Å². The molecule has 1 aromatic carbocycles. The number of hydrogen-bond acceptors (Lipinski definition) is 3. The molecular weight excluding hydrogens is 223 g/mol. The van der Waals surface area contributed by atoms with Crippen molar-refractivity contribution in [2.24, 2.45) is 0 Å². The molecule has 0 spiro atoms. The number of allylic oxidation sites excluding steroid dienone is 1. The van der Waals surface area contributed by atoms with Gasteiger partial charge in [0.05, 0.1) is 0 Å². The predicted molar refractivity (Wildman–Crippen MR) is 62.4 cm³/mol. The van der Waals surface area contributed by atoms with Gasteiger partial charge in [0.25, 0.3) is 0 Å². The van der Waals surface area contributed by atoms with Crippen LogP contribution in [-0.4, -0.2) is 17.7 Å². The van der Waals surface area contributed by atoms with Gasteiger partial charge in [0.1, 0.15) is 23.7 Å². The maximum absolute atomic E-state index is 13.4. The molecule has 1 rings (SSSR count). The van der Waals surface area contributed by atoms with Gasteiger partial charge in [0, 0.05) is 0 Å². The molecule has 90 valence electrons. The van der Waals surface area contributed by atoms with Crippen LogP contribution in [0.2, 0.25) is 0 Å². The van der Waals surface area contributed by atoms with Crippen molar-refractivity contribution in [1.29, 1.82) is 0 Å². The second kappa shape index (κ2) is 5.84. The molecule has 0 heterocycles. The molecule has 0 fully saturated rings. The van der Waals surface area contributed by atoms with Crippen LogP contribution in [0.25, 0.3) is 0 Å². The molecule has 1 N–H and O–H groups in total. The summed E-state index contributed by atoms with van der Waals surface area (Å²) in [5, 5.41) is 9.76. The van der Waals surface area contributed by atoms with Gasteiger partial charge in [-0.1, -0.05) is 24.8 Å². The Labute approximate surface area is 98.8 Å². The van der Waals surface area contributed by atoms with Gasteiger partial charge in [0.2, 0.25) is 0 Å². The van der Waals surface area contributed by atoms with Crippen molar-refractivity contribution in [3.63, 3.8) is 0 Å². The number of ether oxygens (including phenoxy) is 1. The lowest BCUT2D eigenvalue weighted by Crippen LogP contribution is -2.09. The SMILES string of the molecule is C=CCOC(=O)c1c(F)ccc(CC=C)c1O. The van der Waals surface area contributed by atoms with E-state index in [9.17, 15) is 14.3 Å². The molecule has 0 unspecified atom stereocenters. The molecule has 0 bridgehead atoms. The highest BCUT2D eigenvalue weighted by atomic mass is 19.1. The van der Waals surface area contributed by atoms with E-state index in [1.807, 2.05) is 0 Å². The fourth-order valence-corrected chi connectivity index (χ4v) is 1.33. The van der Waals surface area contributed by atoms with Crippen LogP contribution in [-0.2, 0) is 11.2 Å². The van der Waals surface area contributed by atoms with Crippen LogP contribution < -0.4 is 0 Å². The molecule has 3 nitrogen and oxygen atoms in total. The van der Waals surface area contributed by atoms with Gasteiger partial charge >= 0.3 is 5.97 Å². The normalized spacial score (nSPS) is 9.71. The Bertz CT molecular complexity index is 452. The maximum atomic E-state index is 13.4. The Morgan fingerprint density at radius 3 is 2.71 bits per heavy atom. The van der Waals surface area contributed by atoms with Gasteiger partial charge in [-0.15, -0.1) is 6.58 Å². The zero-order chi connectivity index (χ0) is 12.8. The average Bonchev–Trinajstić information content (AvgIpc) is 2.30. The topological polar surface area (TPSA) is 46.5 Å². The number of halogens is 1. The number of aromatic hydroxyl groups is 1. The van der Waals surface area contributed by atoms with E-state index in [0.717, 1.165) is 6.07 Å². The molecule has 0 aliphatic rings. The van der Waals surface area contributed by atoms with Crippen LogP contribution in [0.5, 0.6) is 5.75 Å². The Hall–Kier alpha value is -2.10. The molecule has 0 saturated heterocycles. The lowest BCUT2D eigenvalue weighted by Gasteiger charge is -2.09. The zero-order valence-corrected chi connectivity index (χ0v) is 9.28. The third-order valence-electron chi connectivity index (χ3n) is 2.11. The second-order valence-corrected chi connectivity index (χ2v) is 3.31. The van der Waals surface area contributed by atoms with E-state index in [2.05, 4.69) is 17.9 Å². The van der Waals surface area contributed by atoms with E-state index in [4.69, 9.17) is 0 Å². The molecular formula is C13H13FO3. The molecule has 0 atom stereocenters. The first-order chi connectivity index (χ1) is 8.11. The third kappa shape index (κ3) is 2.93. The molecule has 4 heteroatoms. The number of esters is 1. The van der Waals surface area contributed by atoms with Crippen molar-refractivity contribution in [2.45, 2.75) is 6.42 Å². The molecule has 0 aliphatic carbocycles. The van der Waals surface area contributed by atoms with Crippen molar-refractivity contribution in [2.75, 3.05) is 6.61 Å². The van der Waals surface area contributed by atoms with Gasteiger partial charge in [-0.05, 0) is 18.1 Å². The summed E-state index contributed by atoms with van der Waals surface area (Å²) >= 11 is 0. The van der Waals surface area contributed by atoms with Gasteiger partial charge in [-0.25, -0.2) is 9.18 Å². The highest BCUT2D eigenvalue weighted by Gasteiger charge is 2.20. The first kappa shape index (κ1) is 13.0. The van der Waals surface area contributed by atoms with E-state index in [0.29, 0.717) is 12.0 Å². The monoisotopic (exact) mass is 236 g/mol. The van der Waals surface area contributed by atoms with Crippen LogP contribution >= 0.6 is 0 Å². The Morgan fingerprint density at radius 1 is 1.41 bits per heavy atom. The minimum atomic E-state index is -0.911. The number of phenols is 1. The quantitative estimate of drug-likeness (QED) is 0.631. The highest BCUT2D eigenvalue weighted by Crippen LogP contribution is 2.26. The number of carbonyl (C=O) groups excluding carboxylic acids is 1. The highest BCUT2D eigenvalue weighted by molar-refractivity contribution is 5.93. The predicted octanol–water partition coefficient (Wildman–Crippen LogP) is 2.60. The zero-order valence-electron chi connectivity index (χ0n) is 9.28. The van der Waals surface area contributed by atoms with E-state index >= 15 is 0 Å². The molecule has 0 aromatic heterocycles. The van der Waals surface area contributed by atoms with Crippen LogP contribution in [0.15, 0.2) is 37.4 Å². The fourth-order valence-electron chi connectivity index (χ4n) is 1.33. The minimum Gasteiger partial charge on any atom is -0.507 e. The summed E-state index contributed by atoms with van der Waals surface area (Å²) in [6.07, 6.45) is 3.25. The van der Waals surface area contributed by atoms with Crippen LogP contribution in [0.3, 0.4) is 0 Å². The second-order valence-electron chi connectivity index (χ2n) is 3.31. The first-order valence-electron chi connectivity index (χ1n) is 5.01. The van der Waals surface area contributed by atoms with Gasteiger partial charge in [-0.3, -0.25) is 0 Å². The number of hydrogen-bond donors (Lipinski definition) is 1. The first-order valence-corrected chi connectivity index (χ1v) is 5.01. The van der Waals surface area contributed by atoms with E-state index in [1.165, 1.54) is 12.1 Å². The summed E-state index contributed by atoms with van der Waals surface area (Å²) in [7, 11) is 0. The lowest BCUT2D eigenvalue weighted by atomic mass is 10.1. The lowest BCUT2D eigenvalue weighted by molar-refractivity contribution is 0.0540. The summed E-state index contributed by atoms with van der Waals surface area (Å²) in [4.78, 5) is 11.5. The van der Waals surface area contributed by atoms with Gasteiger partial charge < -0.3 is 9.84 Å². The number of phenolic OH excluding ortho intramolecular Hbond substituents is 1. The Balaban J connectivity index is 3.12. The van der Waals surface area contributed by atoms with Crippen LogP contribution in [0.4, 0.5) is 4.39 Å². The van der Waals surface area contributed by atoms with E-state index in [1.54, 1.807) is 6.08 Å². The molecule has 0 radical (unpaired) electrons. The molecule has 1 aromatic rings. The van der Waals surface area contributed by atoms with Gasteiger partial charge in [0.15, 0.2) is 0 Å². The van der Waals surface area contributed by atoms with Crippen LogP contribution in [0.1, 0.15) is 15.9 Å². The summed E-state index contributed by atoms with van der Waals surface area (Å²) in [5.74, 6) is -2.13. The van der Waals surface area contributed by atoms with E-state index in [-0.39, 0.29) is 6.61 Å². The minimum absolute atomic E-state index is 0.0383. The van der Waals surface area contributed by atoms with Crippen molar-refractivity contribution < 1.29 is 19.0 Å². The molecule has 0 aliphatic heterocycles. The largest absolute Gasteiger partial charge is 0.507 e. The summed E-state index contributed by atoms with van der Waals surface area (Å²) in [6.45, 7) is 6.84. The summed E-state index contributed by atoms with van der Waals surface area (Å²) in [6, 6.07) is 2.51. The average molecular weight is 236 g/mol. The van der Waals surface area contributed by atoms with E-state index < -0.39 is 23.1 Å². The third-order valence-corrected chi connectivity index (χ3v) is 2.11. The van der Waals surface area contributed by atoms with Crippen LogP contribution in [0, 0.1) is 5.82 Å². The summed E-state index contributed by atoms with van der Waals surface area (Å²) < 4.78 is 18.1. The molecule has 0 saturated carbocycles. The van der Waals surface area contributed by atoms with Gasteiger partial charge in [-0.2, -0.15) is 0 Å². The fraction of sp³-hybridized carbons (Fsp3) is 0.154. The number of carbonyl (C=O) groups is 1. The molecule has 17 heavy (non-hydrogen) atoms. The Kier molecular flexibility index (Phi) is 4.46. The van der Waals surface area contributed by atoms with Crippen molar-refractivity contribution in [1.82, 2.24) is 0 Å². The number of rotatable bonds is 5. The standard InChI is InChI=1S/C13H13FO3/c1-3-5-9-6-7-10(14)11(12(9)15)13(16)17-8-4-2/h3-4,6-7,15H,1-2,5,8H2. The summed E-state index contributed by atoms with van der Waals surface area (Å²) in [5.41, 5.74) is -0.0295. The Morgan fingerprint density at radius 2 is 2.12 bits per heavy atom. The molecule has 0 amide bonds. The maximum Gasteiger partial charge on any atom is 0.345 e. The van der Waals surface area contributed by atoms with Crippen molar-refractivity contribution in [3.05, 3.63) is 54.4 Å². The smallest absolute Gasteiger partial charge is 0.345 e.